The molecule has 4 nitrogen and oxygen atoms in total. The number of methoxy groups -OCH3 is 1. The minimum Gasteiger partial charge on any atom is -0.497 e. The molecule has 2 aromatic carbocycles. The second-order valence-corrected chi connectivity index (χ2v) is 7.85. The Bertz CT molecular complexity index is 772. The normalized spacial score (nSPS) is 17.9. The number of hydrogen-bond donors (Lipinski definition) is 1. The summed E-state index contributed by atoms with van der Waals surface area (Å²) in [6, 6.07) is 15.4. The number of carbonyl (C=O) groups excluding carboxylic acids is 1. The number of alkyl halides is 2. The quantitative estimate of drug-likeness (QED) is 0.764. The lowest BCUT2D eigenvalue weighted by Gasteiger charge is -2.35. The smallest absolute Gasteiger partial charge is 0.349 e. The van der Waals surface area contributed by atoms with Crippen LogP contribution in [0.5, 0.6) is 5.75 Å². The van der Waals surface area contributed by atoms with Gasteiger partial charge in [-0.15, -0.1) is 0 Å². The first-order valence-electron chi connectivity index (χ1n) is 9.17. The minimum atomic E-state index is -3.58. The van der Waals surface area contributed by atoms with Crippen molar-refractivity contribution in [3.05, 3.63) is 65.7 Å². The van der Waals surface area contributed by atoms with E-state index >= 15 is 0 Å². The van der Waals surface area contributed by atoms with E-state index < -0.39 is 11.8 Å². The van der Waals surface area contributed by atoms with Crippen LogP contribution in [0.3, 0.4) is 0 Å². The van der Waals surface area contributed by atoms with Crippen molar-refractivity contribution in [2.45, 2.75) is 18.5 Å². The first-order chi connectivity index (χ1) is 13.5. The van der Waals surface area contributed by atoms with Gasteiger partial charge >= 0.3 is 5.92 Å². The molecule has 150 valence electrons. The molecule has 7 heteroatoms. The fraction of sp³-hybridized carbons (Fsp3) is 0.381. The summed E-state index contributed by atoms with van der Waals surface area (Å²) in [5.41, 5.74) is 0.833. The van der Waals surface area contributed by atoms with Gasteiger partial charge in [-0.05, 0) is 29.8 Å². The maximum Gasteiger partial charge on any atom is 0.349 e. The highest BCUT2D eigenvalue weighted by molar-refractivity contribution is 7.99. The SMILES string of the molecule is COc1ccc(C(F)(F)C(=O)NCC2CSCCN2Cc2ccccc2)cc1. The number of thioether (sulfide) groups is 1. The molecule has 1 aliphatic heterocycles. The van der Waals surface area contributed by atoms with Gasteiger partial charge in [0.15, 0.2) is 0 Å². The van der Waals surface area contributed by atoms with Crippen LogP contribution in [-0.2, 0) is 17.3 Å². The largest absolute Gasteiger partial charge is 0.497 e. The van der Waals surface area contributed by atoms with Crippen LogP contribution in [0.4, 0.5) is 8.78 Å². The zero-order valence-corrected chi connectivity index (χ0v) is 16.6. The fourth-order valence-electron chi connectivity index (χ4n) is 3.16. The van der Waals surface area contributed by atoms with E-state index in [1.807, 2.05) is 18.2 Å². The van der Waals surface area contributed by atoms with Crippen molar-refractivity contribution in [2.75, 3.05) is 31.7 Å². The summed E-state index contributed by atoms with van der Waals surface area (Å²) in [6.45, 7) is 1.82. The molecule has 0 aliphatic carbocycles. The molecule has 0 saturated carbocycles. The summed E-state index contributed by atoms with van der Waals surface area (Å²) in [4.78, 5) is 14.5. The van der Waals surface area contributed by atoms with Crippen molar-refractivity contribution in [1.82, 2.24) is 10.2 Å². The van der Waals surface area contributed by atoms with Crippen LogP contribution in [0.1, 0.15) is 11.1 Å². The van der Waals surface area contributed by atoms with Gasteiger partial charge < -0.3 is 10.1 Å². The van der Waals surface area contributed by atoms with E-state index in [1.165, 1.54) is 36.9 Å². The van der Waals surface area contributed by atoms with Crippen molar-refractivity contribution < 1.29 is 18.3 Å². The predicted molar refractivity (Wildman–Crippen MR) is 108 cm³/mol. The molecule has 1 heterocycles. The monoisotopic (exact) mass is 406 g/mol. The molecule has 0 spiro atoms. The first-order valence-corrected chi connectivity index (χ1v) is 10.3. The van der Waals surface area contributed by atoms with Gasteiger partial charge in [0, 0.05) is 42.7 Å². The summed E-state index contributed by atoms with van der Waals surface area (Å²) < 4.78 is 34.0. The summed E-state index contributed by atoms with van der Waals surface area (Å²) in [7, 11) is 1.46. The van der Waals surface area contributed by atoms with Crippen molar-refractivity contribution in [3.8, 4) is 5.75 Å². The standard InChI is InChI=1S/C21H24F2N2O2S/c1-27-19-9-7-17(8-10-19)21(22,23)20(26)24-13-18-15-28-12-11-25(18)14-16-5-3-2-4-6-16/h2-10,18H,11-15H2,1H3,(H,24,26). The number of halogens is 2. The lowest BCUT2D eigenvalue weighted by atomic mass is 10.1. The Kier molecular flexibility index (Phi) is 6.91. The summed E-state index contributed by atoms with van der Waals surface area (Å²) in [5, 5.41) is 2.46. The summed E-state index contributed by atoms with van der Waals surface area (Å²) >= 11 is 1.78. The number of hydrogen-bond acceptors (Lipinski definition) is 4. The van der Waals surface area contributed by atoms with Crippen LogP contribution in [-0.4, -0.2) is 48.6 Å². The number of ether oxygens (including phenoxy) is 1. The van der Waals surface area contributed by atoms with Crippen molar-refractivity contribution in [2.24, 2.45) is 0 Å². The molecule has 1 saturated heterocycles. The van der Waals surface area contributed by atoms with Crippen molar-refractivity contribution >= 4 is 17.7 Å². The molecule has 1 unspecified atom stereocenters. The molecule has 0 radical (unpaired) electrons. The molecule has 1 fully saturated rings. The Morgan fingerprint density at radius 1 is 1.21 bits per heavy atom. The van der Waals surface area contributed by atoms with Crippen LogP contribution in [0.15, 0.2) is 54.6 Å². The van der Waals surface area contributed by atoms with Gasteiger partial charge in [0.25, 0.3) is 5.91 Å². The van der Waals surface area contributed by atoms with E-state index in [2.05, 4.69) is 22.3 Å². The molecular formula is C21H24F2N2O2S. The van der Waals surface area contributed by atoms with Crippen LogP contribution < -0.4 is 10.1 Å². The van der Waals surface area contributed by atoms with Gasteiger partial charge in [-0.3, -0.25) is 9.69 Å². The topological polar surface area (TPSA) is 41.6 Å². The van der Waals surface area contributed by atoms with Gasteiger partial charge in [-0.1, -0.05) is 30.3 Å². The highest BCUT2D eigenvalue weighted by Gasteiger charge is 2.41. The summed E-state index contributed by atoms with van der Waals surface area (Å²) in [6.07, 6.45) is 0. The Hall–Kier alpha value is -2.12. The highest BCUT2D eigenvalue weighted by Crippen LogP contribution is 2.29. The molecule has 28 heavy (non-hydrogen) atoms. The molecule has 0 aromatic heterocycles. The number of nitrogens with one attached hydrogen (secondary N) is 1. The molecular weight excluding hydrogens is 382 g/mol. The maximum atomic E-state index is 14.5. The van der Waals surface area contributed by atoms with Crippen molar-refractivity contribution in [1.29, 1.82) is 0 Å². The van der Waals surface area contributed by atoms with Crippen LogP contribution in [0.25, 0.3) is 0 Å². The van der Waals surface area contributed by atoms with E-state index in [1.54, 1.807) is 11.8 Å². The van der Waals surface area contributed by atoms with Crippen LogP contribution in [0.2, 0.25) is 0 Å². The lowest BCUT2D eigenvalue weighted by Crippen LogP contribution is -2.50. The van der Waals surface area contributed by atoms with Crippen LogP contribution >= 0.6 is 11.8 Å². The van der Waals surface area contributed by atoms with Gasteiger partial charge in [-0.2, -0.15) is 20.5 Å². The third-order valence-corrected chi connectivity index (χ3v) is 5.91. The number of nitrogens with zero attached hydrogens (tertiary/aromatic N) is 1. The average molecular weight is 406 g/mol. The van der Waals surface area contributed by atoms with Crippen LogP contribution in [0, 0.1) is 0 Å². The number of amides is 1. The van der Waals surface area contributed by atoms with Gasteiger partial charge in [0.1, 0.15) is 5.75 Å². The van der Waals surface area contributed by atoms with Crippen molar-refractivity contribution in [3.63, 3.8) is 0 Å². The fourth-order valence-corrected chi connectivity index (χ4v) is 4.29. The number of carbonyl (C=O) groups is 1. The molecule has 2 aromatic rings. The minimum absolute atomic E-state index is 0.0228. The Balaban J connectivity index is 1.60. The zero-order chi connectivity index (χ0) is 20.0. The molecule has 1 aliphatic rings. The van der Waals surface area contributed by atoms with E-state index in [-0.39, 0.29) is 18.2 Å². The van der Waals surface area contributed by atoms with Gasteiger partial charge in [-0.25, -0.2) is 0 Å². The van der Waals surface area contributed by atoms with E-state index in [9.17, 15) is 13.6 Å². The molecule has 1 N–H and O–H groups in total. The molecule has 0 bridgehead atoms. The molecule has 1 amide bonds. The third kappa shape index (κ3) is 5.02. The molecule has 3 rings (SSSR count). The Morgan fingerprint density at radius 3 is 2.61 bits per heavy atom. The second kappa shape index (κ2) is 9.39. The van der Waals surface area contributed by atoms with Gasteiger partial charge in [0.05, 0.1) is 7.11 Å². The highest BCUT2D eigenvalue weighted by atomic mass is 32.2. The summed E-state index contributed by atoms with van der Waals surface area (Å²) in [5.74, 6) is -2.58. The Morgan fingerprint density at radius 2 is 1.93 bits per heavy atom. The van der Waals surface area contributed by atoms with E-state index in [4.69, 9.17) is 4.74 Å². The number of rotatable bonds is 7. The zero-order valence-electron chi connectivity index (χ0n) is 15.7. The second-order valence-electron chi connectivity index (χ2n) is 6.70. The van der Waals surface area contributed by atoms with E-state index in [0.717, 1.165) is 24.6 Å². The third-order valence-electron chi connectivity index (χ3n) is 4.81. The number of benzene rings is 2. The van der Waals surface area contributed by atoms with Gasteiger partial charge in [0.2, 0.25) is 0 Å². The first kappa shape index (κ1) is 20.6. The van der Waals surface area contributed by atoms with E-state index in [0.29, 0.717) is 5.75 Å². The maximum absolute atomic E-state index is 14.5. The lowest BCUT2D eigenvalue weighted by molar-refractivity contribution is -0.147. The predicted octanol–water partition coefficient (Wildman–Crippen LogP) is 3.52. The average Bonchev–Trinajstić information content (AvgIpc) is 2.73. The molecule has 1 atom stereocenters. The Labute approximate surface area is 168 Å².